The molecule has 3 heterocycles. The molecule has 2 N–H and O–H groups in total. The van der Waals surface area contributed by atoms with Gasteiger partial charge in [0.25, 0.3) is 15.9 Å². The molecule has 1 aromatic carbocycles. The lowest BCUT2D eigenvalue weighted by atomic mass is 9.98. The van der Waals surface area contributed by atoms with Gasteiger partial charge in [0.1, 0.15) is 10.0 Å². The number of rotatable bonds is 7. The lowest BCUT2D eigenvalue weighted by molar-refractivity contribution is -0.160. The normalized spacial score (nSPS) is 13.5. The molecule has 0 fully saturated rings. The molecule has 0 radical (unpaired) electrons. The molecule has 0 spiro atoms. The van der Waals surface area contributed by atoms with Crippen LogP contribution < -0.4 is 14.9 Å². The van der Waals surface area contributed by atoms with E-state index in [-0.39, 0.29) is 22.1 Å². The van der Waals surface area contributed by atoms with Gasteiger partial charge in [-0.25, -0.2) is 32.7 Å². The number of amides is 4. The van der Waals surface area contributed by atoms with Crippen molar-refractivity contribution in [3.8, 4) is 0 Å². The van der Waals surface area contributed by atoms with Crippen LogP contribution in [-0.4, -0.2) is 38.4 Å². The number of urea groups is 1. The number of fused-ring (bicyclic) bond motifs is 1. The van der Waals surface area contributed by atoms with Gasteiger partial charge in [-0.05, 0) is 42.0 Å². The topological polar surface area (TPSA) is 144 Å². The zero-order valence-electron chi connectivity index (χ0n) is 17.7. The van der Waals surface area contributed by atoms with E-state index in [1.54, 1.807) is 22.9 Å². The van der Waals surface area contributed by atoms with Crippen LogP contribution in [-0.2, 0) is 30.5 Å². The van der Waals surface area contributed by atoms with Crippen molar-refractivity contribution in [3.05, 3.63) is 64.9 Å². The Morgan fingerprint density at radius 2 is 2.00 bits per heavy atom. The molecule has 15 heteroatoms. The molecule has 1 aliphatic rings. The molecule has 0 atom stereocenters. The first-order valence-electron chi connectivity index (χ1n) is 9.60. The highest BCUT2D eigenvalue weighted by molar-refractivity contribution is 7.94. The average molecular weight is 539 g/mol. The molecule has 0 saturated carbocycles. The van der Waals surface area contributed by atoms with Gasteiger partial charge in [0.2, 0.25) is 5.91 Å². The maximum absolute atomic E-state index is 13.1. The maximum Gasteiger partial charge on any atom is 0.333 e. The molecule has 4 amide bonds. The number of imide groups is 1. The fourth-order valence-electron chi connectivity index (χ4n) is 3.10. The van der Waals surface area contributed by atoms with Crippen LogP contribution >= 0.6 is 23.4 Å². The molecule has 0 unspecified atom stereocenters. The van der Waals surface area contributed by atoms with E-state index < -0.39 is 33.0 Å². The molecule has 0 saturated heterocycles. The number of thiophene rings is 1. The van der Waals surface area contributed by atoms with Crippen LogP contribution in [0, 0.1) is 5.13 Å². The van der Waals surface area contributed by atoms with E-state index >= 15 is 0 Å². The maximum atomic E-state index is 13.1. The van der Waals surface area contributed by atoms with E-state index in [4.69, 9.17) is 4.33 Å². The molecule has 2 aromatic heterocycles. The summed E-state index contributed by atoms with van der Waals surface area (Å²) in [5.41, 5.74) is 0.944. The fraction of sp³-hybridized carbons (Fsp3) is 0.100. The predicted molar refractivity (Wildman–Crippen MR) is 124 cm³/mol. The van der Waals surface area contributed by atoms with Gasteiger partial charge in [-0.3, -0.25) is 9.59 Å². The largest absolute Gasteiger partial charge is 0.333 e. The van der Waals surface area contributed by atoms with E-state index in [0.29, 0.717) is 27.4 Å². The minimum absolute atomic E-state index is 0.0180. The van der Waals surface area contributed by atoms with E-state index in [9.17, 15) is 27.2 Å². The van der Waals surface area contributed by atoms with Gasteiger partial charge in [-0.2, -0.15) is 8.72 Å². The quantitative estimate of drug-likeness (QED) is 0.201. The number of nitrogens with zero attached hydrogens (tertiary/aromatic N) is 2. The first-order valence-corrected chi connectivity index (χ1v) is 12.6. The third-order valence-electron chi connectivity index (χ3n) is 4.58. The van der Waals surface area contributed by atoms with Gasteiger partial charge in [0.15, 0.2) is 5.13 Å². The number of halogens is 1. The van der Waals surface area contributed by atoms with Crippen LogP contribution in [0.3, 0.4) is 0 Å². The molecule has 0 bridgehead atoms. The Balaban J connectivity index is 1.47. The highest BCUT2D eigenvalue weighted by Crippen LogP contribution is 2.29. The zero-order valence-corrected chi connectivity index (χ0v) is 20.1. The van der Waals surface area contributed by atoms with Gasteiger partial charge in [0, 0.05) is 10.5 Å². The van der Waals surface area contributed by atoms with E-state index in [1.807, 2.05) is 0 Å². The molecule has 11 nitrogen and oxygen atoms in total. The van der Waals surface area contributed by atoms with E-state index in [1.165, 1.54) is 19.2 Å². The van der Waals surface area contributed by atoms with Crippen LogP contribution in [0.5, 0.6) is 0 Å². The first-order chi connectivity index (χ1) is 16.7. The lowest BCUT2D eigenvalue weighted by Crippen LogP contribution is -2.43. The minimum Gasteiger partial charge on any atom is -0.306 e. The average Bonchev–Trinajstić information content (AvgIpc) is 3.26. The summed E-state index contributed by atoms with van der Waals surface area (Å²) in [6.07, 6.45) is 1.13. The second-order valence-corrected chi connectivity index (χ2v) is 10.6. The number of sulfonamides is 1. The molecular weight excluding hydrogens is 523 g/mol. The number of hydrogen-bond acceptors (Lipinski definition) is 10. The van der Waals surface area contributed by atoms with Gasteiger partial charge >= 0.3 is 6.03 Å². The van der Waals surface area contributed by atoms with Crippen LogP contribution in [0.25, 0.3) is 0 Å². The van der Waals surface area contributed by atoms with Crippen molar-refractivity contribution in [1.82, 2.24) is 9.71 Å². The Morgan fingerprint density at radius 3 is 2.66 bits per heavy atom. The van der Waals surface area contributed by atoms with Crippen molar-refractivity contribution in [2.24, 2.45) is 0 Å². The predicted octanol–water partition coefficient (Wildman–Crippen LogP) is 3.11. The number of carbonyl (C=O) groups excluding carboxylic acids is 3. The summed E-state index contributed by atoms with van der Waals surface area (Å²) in [5.74, 6) is -1.06. The summed E-state index contributed by atoms with van der Waals surface area (Å²) in [5, 5.41) is 1.56. The fourth-order valence-corrected chi connectivity index (χ4v) is 5.45. The third-order valence-corrected chi connectivity index (χ3v) is 7.93. The number of benzene rings is 1. The van der Waals surface area contributed by atoms with Crippen molar-refractivity contribution in [2.75, 3.05) is 17.3 Å². The van der Waals surface area contributed by atoms with E-state index in [2.05, 4.69) is 15.2 Å². The number of hydrogen-bond donors (Lipinski definition) is 2. The standard InChI is InChI=1S/C20H15FN4O7S3/c1-31-32-34-13-4-2-11-8-17(26)25(19(27)14(11)9-13)16-6-3-12(10-22-16)23-20(28)24-35(29,30)18-7-5-15(21)33-18/h2-7,9-10H,8H2,1H3,(H2,23,24,28). The molecule has 182 valence electrons. The van der Waals surface area contributed by atoms with Crippen molar-refractivity contribution in [2.45, 2.75) is 15.5 Å². The van der Waals surface area contributed by atoms with Gasteiger partial charge in [0.05, 0.1) is 37.5 Å². The SMILES string of the molecule is COOSc1ccc2c(c1)C(=O)N(c1ccc(NC(=O)NS(=O)(=O)c3ccc(F)s3)cn1)C(=O)C2. The zero-order chi connectivity index (χ0) is 25.2. The number of carbonyl (C=O) groups is 3. The first kappa shape index (κ1) is 24.7. The van der Waals surface area contributed by atoms with Crippen LogP contribution in [0.1, 0.15) is 15.9 Å². The number of aromatic nitrogens is 1. The number of anilines is 2. The Morgan fingerprint density at radius 1 is 1.20 bits per heavy atom. The molecule has 4 rings (SSSR count). The summed E-state index contributed by atoms with van der Waals surface area (Å²) in [7, 11) is -2.91. The second kappa shape index (κ2) is 10.1. The summed E-state index contributed by atoms with van der Waals surface area (Å²) >= 11 is 1.27. The van der Waals surface area contributed by atoms with E-state index in [0.717, 1.165) is 35.3 Å². The Kier molecular flexibility index (Phi) is 7.13. The second-order valence-electron chi connectivity index (χ2n) is 6.87. The summed E-state index contributed by atoms with van der Waals surface area (Å²) < 4.78 is 43.5. The monoisotopic (exact) mass is 538 g/mol. The summed E-state index contributed by atoms with van der Waals surface area (Å²) in [4.78, 5) is 47.8. The van der Waals surface area contributed by atoms with Crippen molar-refractivity contribution >= 4 is 62.8 Å². The van der Waals surface area contributed by atoms with Crippen LogP contribution in [0.4, 0.5) is 20.7 Å². The number of nitrogens with one attached hydrogen (secondary N) is 2. The molecule has 1 aliphatic heterocycles. The Bertz CT molecular complexity index is 1410. The van der Waals surface area contributed by atoms with Crippen molar-refractivity contribution in [1.29, 1.82) is 0 Å². The highest BCUT2D eigenvalue weighted by Gasteiger charge is 2.33. The van der Waals surface area contributed by atoms with Crippen LogP contribution in [0.15, 0.2) is 57.8 Å². The molecule has 35 heavy (non-hydrogen) atoms. The molecule has 0 aliphatic carbocycles. The van der Waals surface area contributed by atoms with Crippen LogP contribution in [0.2, 0.25) is 0 Å². The van der Waals surface area contributed by atoms with Crippen molar-refractivity contribution in [3.63, 3.8) is 0 Å². The van der Waals surface area contributed by atoms with Crippen molar-refractivity contribution < 1.29 is 36.4 Å². The van der Waals surface area contributed by atoms with Gasteiger partial charge in [-0.1, -0.05) is 17.4 Å². The van der Waals surface area contributed by atoms with Gasteiger partial charge < -0.3 is 5.32 Å². The lowest BCUT2D eigenvalue weighted by Gasteiger charge is -2.26. The Hall–Kier alpha value is -3.37. The summed E-state index contributed by atoms with van der Waals surface area (Å²) in [6.45, 7) is 0. The third kappa shape index (κ3) is 5.49. The van der Waals surface area contributed by atoms with Gasteiger partial charge in [-0.15, -0.1) is 0 Å². The molecule has 3 aromatic rings. The highest BCUT2D eigenvalue weighted by atomic mass is 32.2. The summed E-state index contributed by atoms with van der Waals surface area (Å²) in [6, 6.07) is 8.48. The number of pyridine rings is 1. The smallest absolute Gasteiger partial charge is 0.306 e. The Labute approximate surface area is 206 Å². The minimum atomic E-state index is -4.26. The molecular formula is C20H15FN4O7S3.